The van der Waals surface area contributed by atoms with Crippen LogP contribution in [0.15, 0.2) is 124 Å². The number of furan rings is 2. The molecule has 0 saturated carbocycles. The molecule has 0 amide bonds. The second-order valence-electron chi connectivity index (χ2n) is 8.17. The topological polar surface area (TPSA) is 29.5 Å². The van der Waals surface area contributed by atoms with Crippen molar-refractivity contribution in [2.24, 2.45) is 0 Å². The van der Waals surface area contributed by atoms with Crippen molar-refractivity contribution < 1.29 is 8.83 Å². The molecule has 0 aliphatic carbocycles. The van der Waals surface area contributed by atoms with E-state index in [0.29, 0.717) is 0 Å². The van der Waals surface area contributed by atoms with Gasteiger partial charge in [-0.1, -0.05) is 66.7 Å². The quantitative estimate of drug-likeness (QED) is 0.283. The lowest BCUT2D eigenvalue weighted by atomic mass is 10.1. The molecule has 2 aromatic heterocycles. The number of hydrogen-bond donors (Lipinski definition) is 0. The lowest BCUT2D eigenvalue weighted by Crippen LogP contribution is -2.10. The van der Waals surface area contributed by atoms with Crippen molar-refractivity contribution in [2.45, 2.75) is 0 Å². The van der Waals surface area contributed by atoms with Crippen LogP contribution in [0.5, 0.6) is 0 Å². The Hall–Kier alpha value is -4.50. The van der Waals surface area contributed by atoms with E-state index in [2.05, 4.69) is 77.7 Å². The minimum atomic E-state index is 0.874. The molecule has 0 bridgehead atoms. The largest absolute Gasteiger partial charge is 0.456 e. The van der Waals surface area contributed by atoms with E-state index in [-0.39, 0.29) is 0 Å². The van der Waals surface area contributed by atoms with Crippen molar-refractivity contribution >= 4 is 60.9 Å². The van der Waals surface area contributed by atoms with Crippen LogP contribution in [0, 0.1) is 0 Å². The smallest absolute Gasteiger partial charge is 0.137 e. The fraction of sp³-hybridized carbons (Fsp3) is 0. The Morgan fingerprint density at radius 1 is 0.394 bits per heavy atom. The minimum Gasteiger partial charge on any atom is -0.456 e. The van der Waals surface area contributed by atoms with Crippen molar-refractivity contribution in [3.63, 3.8) is 0 Å². The number of anilines is 3. The molecule has 3 nitrogen and oxygen atoms in total. The Bertz CT molecular complexity index is 1660. The van der Waals surface area contributed by atoms with E-state index in [1.807, 2.05) is 42.5 Å². The van der Waals surface area contributed by atoms with Crippen LogP contribution in [-0.2, 0) is 0 Å². The Morgan fingerprint density at radius 2 is 0.848 bits per heavy atom. The zero-order chi connectivity index (χ0) is 21.8. The van der Waals surface area contributed by atoms with E-state index >= 15 is 0 Å². The maximum absolute atomic E-state index is 6.21. The van der Waals surface area contributed by atoms with Crippen molar-refractivity contribution in [1.82, 2.24) is 0 Å². The van der Waals surface area contributed by atoms with Gasteiger partial charge < -0.3 is 13.7 Å². The van der Waals surface area contributed by atoms with Crippen LogP contribution in [0.2, 0.25) is 0 Å². The molecule has 0 saturated heterocycles. The highest BCUT2D eigenvalue weighted by molar-refractivity contribution is 6.17. The van der Waals surface area contributed by atoms with Gasteiger partial charge in [0.25, 0.3) is 0 Å². The van der Waals surface area contributed by atoms with Gasteiger partial charge in [0.05, 0.1) is 22.1 Å². The second kappa shape index (κ2) is 7.01. The lowest BCUT2D eigenvalue weighted by Gasteiger charge is -2.26. The average Bonchev–Trinajstić information content (AvgIpc) is 3.44. The SMILES string of the molecule is c1ccc(N(c2cccc3oc4ccccc4c23)c2cccc3oc4ccccc4c23)cc1. The summed E-state index contributed by atoms with van der Waals surface area (Å²) in [6.45, 7) is 0. The van der Waals surface area contributed by atoms with E-state index in [0.717, 1.165) is 60.9 Å². The molecule has 7 rings (SSSR count). The zero-order valence-corrected chi connectivity index (χ0v) is 17.7. The Labute approximate surface area is 190 Å². The number of para-hydroxylation sites is 3. The number of rotatable bonds is 3. The van der Waals surface area contributed by atoms with Crippen molar-refractivity contribution in [2.75, 3.05) is 4.90 Å². The lowest BCUT2D eigenvalue weighted by molar-refractivity contribution is 0.668. The first-order chi connectivity index (χ1) is 16.4. The summed E-state index contributed by atoms with van der Waals surface area (Å²) < 4.78 is 12.4. The van der Waals surface area contributed by atoms with Crippen molar-refractivity contribution in [3.05, 3.63) is 115 Å². The molecular weight excluding hydrogens is 406 g/mol. The number of benzene rings is 5. The number of nitrogens with zero attached hydrogens (tertiary/aromatic N) is 1. The first-order valence-electron chi connectivity index (χ1n) is 11.0. The van der Waals surface area contributed by atoms with Crippen LogP contribution >= 0.6 is 0 Å². The fourth-order valence-corrected chi connectivity index (χ4v) is 4.87. The molecule has 0 aliphatic rings. The monoisotopic (exact) mass is 425 g/mol. The molecule has 0 aliphatic heterocycles. The molecule has 33 heavy (non-hydrogen) atoms. The molecule has 7 aromatic rings. The predicted octanol–water partition coefficient (Wildman–Crippen LogP) is 8.96. The summed E-state index contributed by atoms with van der Waals surface area (Å²) in [4.78, 5) is 2.31. The third kappa shape index (κ3) is 2.69. The van der Waals surface area contributed by atoms with Gasteiger partial charge >= 0.3 is 0 Å². The van der Waals surface area contributed by atoms with Gasteiger partial charge in [-0.15, -0.1) is 0 Å². The predicted molar refractivity (Wildman–Crippen MR) is 136 cm³/mol. The van der Waals surface area contributed by atoms with Gasteiger partial charge in [0.15, 0.2) is 0 Å². The van der Waals surface area contributed by atoms with E-state index in [1.54, 1.807) is 0 Å². The van der Waals surface area contributed by atoms with E-state index in [1.165, 1.54) is 0 Å². The zero-order valence-electron chi connectivity index (χ0n) is 17.7. The van der Waals surface area contributed by atoms with Gasteiger partial charge in [0.2, 0.25) is 0 Å². The minimum absolute atomic E-state index is 0.874. The first-order valence-corrected chi connectivity index (χ1v) is 11.0. The maximum Gasteiger partial charge on any atom is 0.137 e. The Balaban J connectivity index is 1.62. The van der Waals surface area contributed by atoms with Gasteiger partial charge in [-0.05, 0) is 48.5 Å². The number of fused-ring (bicyclic) bond motifs is 6. The third-order valence-electron chi connectivity index (χ3n) is 6.26. The first kappa shape index (κ1) is 18.1. The average molecular weight is 425 g/mol. The summed E-state index contributed by atoms with van der Waals surface area (Å²) in [6.07, 6.45) is 0. The van der Waals surface area contributed by atoms with Gasteiger partial charge in [0, 0.05) is 16.5 Å². The molecule has 0 spiro atoms. The van der Waals surface area contributed by atoms with Gasteiger partial charge in [-0.3, -0.25) is 0 Å². The van der Waals surface area contributed by atoms with Crippen molar-refractivity contribution in [1.29, 1.82) is 0 Å². The standard InChI is InChI=1S/C30H19NO2/c1-2-10-20(11-3-1)31(23-14-8-18-27-29(23)21-12-4-6-16-25(21)32-27)24-15-9-19-28-30(24)22-13-5-7-17-26(22)33-28/h1-19H. The normalized spacial score (nSPS) is 11.6. The second-order valence-corrected chi connectivity index (χ2v) is 8.17. The number of hydrogen-bond acceptors (Lipinski definition) is 3. The van der Waals surface area contributed by atoms with E-state index in [4.69, 9.17) is 8.83 Å². The van der Waals surface area contributed by atoms with Crippen LogP contribution in [0.25, 0.3) is 43.9 Å². The van der Waals surface area contributed by atoms with Crippen molar-refractivity contribution in [3.8, 4) is 0 Å². The van der Waals surface area contributed by atoms with Gasteiger partial charge in [-0.2, -0.15) is 0 Å². The van der Waals surface area contributed by atoms with Crippen LogP contribution in [0.4, 0.5) is 17.1 Å². The highest BCUT2D eigenvalue weighted by Crippen LogP contribution is 2.46. The highest BCUT2D eigenvalue weighted by atomic mass is 16.3. The van der Waals surface area contributed by atoms with Crippen LogP contribution in [-0.4, -0.2) is 0 Å². The molecular formula is C30H19NO2. The van der Waals surface area contributed by atoms with E-state index < -0.39 is 0 Å². The Morgan fingerprint density at radius 3 is 1.39 bits per heavy atom. The van der Waals surface area contributed by atoms with Gasteiger partial charge in [-0.25, -0.2) is 0 Å². The molecule has 2 heterocycles. The summed E-state index contributed by atoms with van der Waals surface area (Å²) in [7, 11) is 0. The molecule has 0 radical (unpaired) electrons. The summed E-state index contributed by atoms with van der Waals surface area (Å²) >= 11 is 0. The molecule has 0 unspecified atom stereocenters. The highest BCUT2D eigenvalue weighted by Gasteiger charge is 2.22. The molecule has 5 aromatic carbocycles. The van der Waals surface area contributed by atoms with Crippen LogP contribution in [0.1, 0.15) is 0 Å². The molecule has 0 fully saturated rings. The molecule has 0 atom stereocenters. The maximum atomic E-state index is 6.21. The van der Waals surface area contributed by atoms with Crippen LogP contribution in [0.3, 0.4) is 0 Å². The van der Waals surface area contributed by atoms with Crippen LogP contribution < -0.4 is 4.90 Å². The summed E-state index contributed by atoms with van der Waals surface area (Å²) in [5.41, 5.74) is 6.74. The summed E-state index contributed by atoms with van der Waals surface area (Å²) in [5.74, 6) is 0. The molecule has 3 heteroatoms. The summed E-state index contributed by atoms with van der Waals surface area (Å²) in [6, 6.07) is 39.4. The van der Waals surface area contributed by atoms with E-state index in [9.17, 15) is 0 Å². The Kier molecular flexibility index (Phi) is 3.84. The molecule has 156 valence electrons. The molecule has 0 N–H and O–H groups in total. The fourth-order valence-electron chi connectivity index (χ4n) is 4.87. The third-order valence-corrected chi connectivity index (χ3v) is 6.26. The summed E-state index contributed by atoms with van der Waals surface area (Å²) in [5, 5.41) is 4.41. The van der Waals surface area contributed by atoms with Gasteiger partial charge in [0.1, 0.15) is 22.3 Å².